The van der Waals surface area contributed by atoms with Crippen LogP contribution in [0.5, 0.6) is 11.5 Å². The third-order valence-electron chi connectivity index (χ3n) is 3.35. The third kappa shape index (κ3) is 2.97. The topological polar surface area (TPSA) is 66.8 Å². The maximum absolute atomic E-state index is 14.2. The normalized spacial score (nSPS) is 12.0. The first-order chi connectivity index (χ1) is 9.93. The molecule has 5 heteroatoms. The molecular weight excluding hydrogens is 275 g/mol. The van der Waals surface area contributed by atoms with Gasteiger partial charge >= 0.3 is 5.97 Å². The maximum atomic E-state index is 14.2. The van der Waals surface area contributed by atoms with E-state index in [9.17, 15) is 14.3 Å². The Morgan fingerprint density at radius 3 is 2.48 bits per heavy atom. The molecule has 2 aromatic carbocycles. The van der Waals surface area contributed by atoms with Crippen molar-refractivity contribution in [2.75, 3.05) is 7.11 Å². The van der Waals surface area contributed by atoms with Crippen molar-refractivity contribution in [3.63, 3.8) is 0 Å². The standard InChI is InChI=1S/C16H15FO4/c1-9(16(19)20)10-3-5-12(13(17)7-10)11-4-6-15(21-2)14(18)8-11/h3-9,18H,1-2H3,(H,19,20)/t9-/m1/s1. The molecule has 0 saturated carbocycles. The number of halogens is 1. The number of carbonyl (C=O) groups is 1. The fraction of sp³-hybridized carbons (Fsp3) is 0.188. The first kappa shape index (κ1) is 14.8. The van der Waals surface area contributed by atoms with Gasteiger partial charge in [-0.05, 0) is 36.2 Å². The zero-order valence-electron chi connectivity index (χ0n) is 11.6. The second-order valence-electron chi connectivity index (χ2n) is 4.69. The number of carboxylic acids is 1. The Bertz CT molecular complexity index is 682. The number of benzene rings is 2. The SMILES string of the molecule is COc1ccc(-c2ccc([C@@H](C)C(=O)O)cc2F)cc1O. The van der Waals surface area contributed by atoms with Crippen LogP contribution in [-0.2, 0) is 4.79 Å². The number of hydrogen-bond acceptors (Lipinski definition) is 3. The Hall–Kier alpha value is -2.56. The van der Waals surface area contributed by atoms with Crippen molar-refractivity contribution in [1.29, 1.82) is 0 Å². The Kier molecular flexibility index (Phi) is 4.12. The summed E-state index contributed by atoms with van der Waals surface area (Å²) in [4.78, 5) is 10.9. The molecule has 0 aliphatic carbocycles. The molecule has 2 rings (SSSR count). The average Bonchev–Trinajstić information content (AvgIpc) is 2.46. The highest BCUT2D eigenvalue weighted by atomic mass is 19.1. The molecule has 0 unspecified atom stereocenters. The maximum Gasteiger partial charge on any atom is 0.310 e. The van der Waals surface area contributed by atoms with E-state index in [1.807, 2.05) is 0 Å². The van der Waals surface area contributed by atoms with Gasteiger partial charge in [-0.2, -0.15) is 0 Å². The van der Waals surface area contributed by atoms with Gasteiger partial charge in [-0.15, -0.1) is 0 Å². The van der Waals surface area contributed by atoms with Crippen LogP contribution >= 0.6 is 0 Å². The van der Waals surface area contributed by atoms with Crippen LogP contribution in [-0.4, -0.2) is 23.3 Å². The van der Waals surface area contributed by atoms with E-state index in [2.05, 4.69) is 0 Å². The lowest BCUT2D eigenvalue weighted by Crippen LogP contribution is -2.07. The minimum atomic E-state index is -1.01. The van der Waals surface area contributed by atoms with Crippen molar-refractivity contribution >= 4 is 5.97 Å². The Morgan fingerprint density at radius 2 is 1.95 bits per heavy atom. The van der Waals surface area contributed by atoms with Crippen molar-refractivity contribution < 1.29 is 24.1 Å². The van der Waals surface area contributed by atoms with Gasteiger partial charge in [0, 0.05) is 5.56 Å². The molecule has 110 valence electrons. The Morgan fingerprint density at radius 1 is 1.24 bits per heavy atom. The highest BCUT2D eigenvalue weighted by Gasteiger charge is 2.16. The van der Waals surface area contributed by atoms with Crippen LogP contribution in [0.2, 0.25) is 0 Å². The number of carboxylic acid groups (broad SMARTS) is 1. The number of ether oxygens (including phenoxy) is 1. The van der Waals surface area contributed by atoms with Gasteiger partial charge in [0.1, 0.15) is 5.82 Å². The van der Waals surface area contributed by atoms with Gasteiger partial charge in [-0.25, -0.2) is 4.39 Å². The Balaban J connectivity index is 2.41. The summed E-state index contributed by atoms with van der Waals surface area (Å²) in [5.74, 6) is -2.11. The summed E-state index contributed by atoms with van der Waals surface area (Å²) in [6.07, 6.45) is 0. The molecule has 0 fully saturated rings. The molecule has 4 nitrogen and oxygen atoms in total. The van der Waals surface area contributed by atoms with E-state index < -0.39 is 17.7 Å². The molecular formula is C16H15FO4. The van der Waals surface area contributed by atoms with Gasteiger partial charge in [0.25, 0.3) is 0 Å². The second kappa shape index (κ2) is 5.83. The minimum Gasteiger partial charge on any atom is -0.504 e. The highest BCUT2D eigenvalue weighted by molar-refractivity contribution is 5.76. The quantitative estimate of drug-likeness (QED) is 0.905. The molecule has 0 saturated heterocycles. The van der Waals surface area contributed by atoms with Crippen LogP contribution in [0.3, 0.4) is 0 Å². The van der Waals surface area contributed by atoms with Crippen LogP contribution in [0.1, 0.15) is 18.4 Å². The summed E-state index contributed by atoms with van der Waals surface area (Å²) in [7, 11) is 1.43. The van der Waals surface area contributed by atoms with Crippen LogP contribution in [0, 0.1) is 5.82 Å². The summed E-state index contributed by atoms with van der Waals surface area (Å²) in [6, 6.07) is 8.84. The molecule has 1 atom stereocenters. The smallest absolute Gasteiger partial charge is 0.310 e. The van der Waals surface area contributed by atoms with E-state index in [0.29, 0.717) is 16.9 Å². The zero-order chi connectivity index (χ0) is 15.6. The fourth-order valence-electron chi connectivity index (χ4n) is 2.03. The first-order valence-electron chi connectivity index (χ1n) is 6.33. The number of aliphatic carboxylic acids is 1. The van der Waals surface area contributed by atoms with Crippen LogP contribution in [0.15, 0.2) is 36.4 Å². The van der Waals surface area contributed by atoms with Crippen molar-refractivity contribution in [2.45, 2.75) is 12.8 Å². The van der Waals surface area contributed by atoms with Gasteiger partial charge in [-0.3, -0.25) is 4.79 Å². The van der Waals surface area contributed by atoms with Gasteiger partial charge < -0.3 is 14.9 Å². The van der Waals surface area contributed by atoms with E-state index >= 15 is 0 Å². The average molecular weight is 290 g/mol. The second-order valence-corrected chi connectivity index (χ2v) is 4.69. The fourth-order valence-corrected chi connectivity index (χ4v) is 2.03. The molecule has 0 aliphatic heterocycles. The summed E-state index contributed by atoms with van der Waals surface area (Å²) < 4.78 is 19.1. The molecule has 0 bridgehead atoms. The van der Waals surface area contributed by atoms with Gasteiger partial charge in [0.2, 0.25) is 0 Å². The molecule has 21 heavy (non-hydrogen) atoms. The lowest BCUT2D eigenvalue weighted by molar-refractivity contribution is -0.138. The first-order valence-corrected chi connectivity index (χ1v) is 6.33. The van der Waals surface area contributed by atoms with E-state index in [-0.39, 0.29) is 11.3 Å². The molecule has 0 heterocycles. The molecule has 0 aromatic heterocycles. The number of phenolic OH excluding ortho intramolecular Hbond substituents is 1. The van der Waals surface area contributed by atoms with Gasteiger partial charge in [-0.1, -0.05) is 18.2 Å². The molecule has 2 N–H and O–H groups in total. The van der Waals surface area contributed by atoms with E-state index in [0.717, 1.165) is 0 Å². The number of rotatable bonds is 4. The number of phenols is 1. The predicted octanol–water partition coefficient (Wildman–Crippen LogP) is 3.40. The van der Waals surface area contributed by atoms with Crippen LogP contribution < -0.4 is 4.74 Å². The summed E-state index contributed by atoms with van der Waals surface area (Å²) >= 11 is 0. The van der Waals surface area contributed by atoms with Crippen molar-refractivity contribution in [1.82, 2.24) is 0 Å². The molecule has 0 radical (unpaired) electrons. The van der Waals surface area contributed by atoms with Crippen molar-refractivity contribution in [3.8, 4) is 22.6 Å². The largest absolute Gasteiger partial charge is 0.504 e. The summed E-state index contributed by atoms with van der Waals surface area (Å²) in [6.45, 7) is 1.50. The Labute approximate surface area is 121 Å². The van der Waals surface area contributed by atoms with Gasteiger partial charge in [0.05, 0.1) is 13.0 Å². The molecule has 0 aliphatic rings. The summed E-state index contributed by atoms with van der Waals surface area (Å²) in [5, 5.41) is 18.7. The molecule has 0 spiro atoms. The number of aromatic hydroxyl groups is 1. The third-order valence-corrected chi connectivity index (χ3v) is 3.35. The van der Waals surface area contributed by atoms with Crippen molar-refractivity contribution in [3.05, 3.63) is 47.8 Å². The molecule has 0 amide bonds. The van der Waals surface area contributed by atoms with Crippen LogP contribution in [0.4, 0.5) is 4.39 Å². The predicted molar refractivity (Wildman–Crippen MR) is 76.1 cm³/mol. The minimum absolute atomic E-state index is 0.0858. The lowest BCUT2D eigenvalue weighted by Gasteiger charge is -2.11. The number of hydrogen-bond donors (Lipinski definition) is 2. The zero-order valence-corrected chi connectivity index (χ0v) is 11.6. The van der Waals surface area contributed by atoms with E-state index in [4.69, 9.17) is 9.84 Å². The van der Waals surface area contributed by atoms with Crippen LogP contribution in [0.25, 0.3) is 11.1 Å². The monoisotopic (exact) mass is 290 g/mol. The van der Waals surface area contributed by atoms with E-state index in [1.165, 1.54) is 38.3 Å². The number of methoxy groups -OCH3 is 1. The lowest BCUT2D eigenvalue weighted by atomic mass is 9.97. The highest BCUT2D eigenvalue weighted by Crippen LogP contribution is 2.33. The van der Waals surface area contributed by atoms with Gasteiger partial charge in [0.15, 0.2) is 11.5 Å². The summed E-state index contributed by atoms with van der Waals surface area (Å²) in [5.41, 5.74) is 1.16. The van der Waals surface area contributed by atoms with E-state index in [1.54, 1.807) is 12.1 Å². The van der Waals surface area contributed by atoms with Crippen molar-refractivity contribution in [2.24, 2.45) is 0 Å². The molecule has 2 aromatic rings.